The van der Waals surface area contributed by atoms with E-state index in [1.54, 1.807) is 12.1 Å². The molecule has 3 rings (SSSR count). The van der Waals surface area contributed by atoms with E-state index in [0.717, 1.165) is 0 Å². The third kappa shape index (κ3) is 2.84. The normalized spacial score (nSPS) is 10.7. The Hall–Kier alpha value is -2.31. The summed E-state index contributed by atoms with van der Waals surface area (Å²) in [7, 11) is 0. The highest BCUT2D eigenvalue weighted by Crippen LogP contribution is 2.31. The lowest BCUT2D eigenvalue weighted by Gasteiger charge is -2.08. The molecule has 2 N–H and O–H groups in total. The molecule has 0 amide bonds. The molecule has 2 aromatic heterocycles. The molecule has 110 valence electrons. The third-order valence-electron chi connectivity index (χ3n) is 2.90. The van der Waals surface area contributed by atoms with E-state index in [9.17, 15) is 4.39 Å². The molecule has 0 saturated carbocycles. The first-order chi connectivity index (χ1) is 10.5. The fourth-order valence-corrected chi connectivity index (χ4v) is 2.28. The van der Waals surface area contributed by atoms with Gasteiger partial charge < -0.3 is 5.73 Å². The smallest absolute Gasteiger partial charge is 0.240 e. The fraction of sp³-hybridized carbons (Fsp3) is 0. The zero-order valence-corrected chi connectivity index (χ0v) is 12.5. The highest BCUT2D eigenvalue weighted by atomic mass is 35.5. The number of benzene rings is 1. The maximum atomic E-state index is 13.3. The minimum absolute atomic E-state index is 0.000601. The molecule has 0 aliphatic rings. The van der Waals surface area contributed by atoms with Gasteiger partial charge in [-0.25, -0.2) is 14.4 Å². The number of nitrogens with zero attached hydrogens (tertiary/aromatic N) is 4. The van der Waals surface area contributed by atoms with Crippen LogP contribution in [0.1, 0.15) is 0 Å². The average Bonchev–Trinajstić information content (AvgIpc) is 2.50. The summed E-state index contributed by atoms with van der Waals surface area (Å²) in [6, 6.07) is 7.57. The van der Waals surface area contributed by atoms with Crippen LogP contribution >= 0.6 is 23.2 Å². The van der Waals surface area contributed by atoms with Crippen LogP contribution in [0.15, 0.2) is 36.5 Å². The number of nitrogen functional groups attached to an aromatic ring is 1. The van der Waals surface area contributed by atoms with E-state index in [1.165, 1.54) is 24.4 Å². The van der Waals surface area contributed by atoms with Crippen LogP contribution in [0.25, 0.3) is 22.5 Å². The molecule has 0 bridgehead atoms. The average molecular weight is 336 g/mol. The topological polar surface area (TPSA) is 77.6 Å². The largest absolute Gasteiger partial charge is 0.366 e. The Labute approximate surface area is 135 Å². The Morgan fingerprint density at radius 2 is 1.73 bits per heavy atom. The van der Waals surface area contributed by atoms with Crippen LogP contribution in [0.2, 0.25) is 10.2 Å². The molecule has 0 aliphatic heterocycles. The summed E-state index contributed by atoms with van der Waals surface area (Å²) in [5.74, 6) is -0.520. The van der Waals surface area contributed by atoms with Gasteiger partial charge in [0.05, 0.1) is 5.02 Å². The SMILES string of the molecule is Nc1nnc(-c2ccnc(Cl)c2)c(-c2ccc(F)c(Cl)c2)n1. The quantitative estimate of drug-likeness (QED) is 0.723. The van der Waals surface area contributed by atoms with Crippen LogP contribution in [-0.4, -0.2) is 20.2 Å². The van der Waals surface area contributed by atoms with Gasteiger partial charge in [0.25, 0.3) is 0 Å². The number of nitrogens with two attached hydrogens (primary N) is 1. The number of rotatable bonds is 2. The first-order valence-corrected chi connectivity index (χ1v) is 6.88. The Bertz CT molecular complexity index is 856. The number of aromatic nitrogens is 4. The Balaban J connectivity index is 2.22. The predicted octanol–water partition coefficient (Wildman–Crippen LogP) is 3.63. The molecular weight excluding hydrogens is 328 g/mol. The van der Waals surface area contributed by atoms with Gasteiger partial charge >= 0.3 is 0 Å². The van der Waals surface area contributed by atoms with Crippen molar-refractivity contribution in [2.75, 3.05) is 5.73 Å². The molecule has 0 aliphatic carbocycles. The zero-order valence-electron chi connectivity index (χ0n) is 11.0. The summed E-state index contributed by atoms with van der Waals surface area (Å²) in [5, 5.41) is 8.10. The third-order valence-corrected chi connectivity index (χ3v) is 3.39. The number of pyridine rings is 1. The second kappa shape index (κ2) is 5.82. The van der Waals surface area contributed by atoms with Gasteiger partial charge in [0.2, 0.25) is 5.95 Å². The molecular formula is C14H8Cl2FN5. The van der Waals surface area contributed by atoms with Crippen LogP contribution in [0, 0.1) is 5.82 Å². The highest BCUT2D eigenvalue weighted by Gasteiger charge is 2.14. The van der Waals surface area contributed by atoms with Crippen molar-refractivity contribution in [1.82, 2.24) is 20.2 Å². The molecule has 0 saturated heterocycles. The fourth-order valence-electron chi connectivity index (χ4n) is 1.93. The lowest BCUT2D eigenvalue weighted by atomic mass is 10.1. The van der Waals surface area contributed by atoms with E-state index in [4.69, 9.17) is 28.9 Å². The van der Waals surface area contributed by atoms with Gasteiger partial charge in [-0.1, -0.05) is 23.2 Å². The highest BCUT2D eigenvalue weighted by molar-refractivity contribution is 6.31. The molecule has 0 fully saturated rings. The number of anilines is 1. The predicted molar refractivity (Wildman–Crippen MR) is 82.9 cm³/mol. The molecule has 0 unspecified atom stereocenters. The number of hydrogen-bond donors (Lipinski definition) is 1. The van der Waals surface area contributed by atoms with Gasteiger partial charge in [0.15, 0.2) is 0 Å². The van der Waals surface area contributed by atoms with Crippen LogP contribution in [0.5, 0.6) is 0 Å². The van der Waals surface area contributed by atoms with Crippen LogP contribution < -0.4 is 5.73 Å². The van der Waals surface area contributed by atoms with Crippen LogP contribution in [0.3, 0.4) is 0 Å². The summed E-state index contributed by atoms with van der Waals surface area (Å²) >= 11 is 11.7. The van der Waals surface area contributed by atoms with Crippen molar-refractivity contribution in [3.05, 3.63) is 52.5 Å². The van der Waals surface area contributed by atoms with Gasteiger partial charge in [0, 0.05) is 17.3 Å². The van der Waals surface area contributed by atoms with Crippen molar-refractivity contribution < 1.29 is 4.39 Å². The summed E-state index contributed by atoms with van der Waals surface area (Å²) in [4.78, 5) is 8.09. The van der Waals surface area contributed by atoms with E-state index >= 15 is 0 Å². The van der Waals surface area contributed by atoms with Crippen LogP contribution in [-0.2, 0) is 0 Å². The Morgan fingerprint density at radius 3 is 2.45 bits per heavy atom. The van der Waals surface area contributed by atoms with E-state index in [-0.39, 0.29) is 11.0 Å². The number of halogens is 3. The zero-order chi connectivity index (χ0) is 15.7. The number of hydrogen-bond acceptors (Lipinski definition) is 5. The Kier molecular flexibility index (Phi) is 3.87. The van der Waals surface area contributed by atoms with Crippen molar-refractivity contribution in [2.45, 2.75) is 0 Å². The molecule has 5 nitrogen and oxygen atoms in total. The van der Waals surface area contributed by atoms with Gasteiger partial charge in [0.1, 0.15) is 22.4 Å². The second-order valence-corrected chi connectivity index (χ2v) is 5.16. The molecule has 1 aromatic carbocycles. The standard InChI is InChI=1S/C14H8Cl2FN5/c15-9-5-7(1-2-10(9)17)12-13(21-22-14(18)20-12)8-3-4-19-11(16)6-8/h1-6H,(H2,18,20,22). The maximum Gasteiger partial charge on any atom is 0.240 e. The molecule has 22 heavy (non-hydrogen) atoms. The van der Waals surface area contributed by atoms with Gasteiger partial charge in [-0.3, -0.25) is 0 Å². The van der Waals surface area contributed by atoms with Gasteiger partial charge in [-0.05, 0) is 30.3 Å². The summed E-state index contributed by atoms with van der Waals surface area (Å²) in [6.07, 6.45) is 1.54. The Morgan fingerprint density at radius 1 is 0.955 bits per heavy atom. The first kappa shape index (κ1) is 14.6. The minimum Gasteiger partial charge on any atom is -0.366 e. The van der Waals surface area contributed by atoms with E-state index in [1.807, 2.05) is 0 Å². The molecule has 0 atom stereocenters. The van der Waals surface area contributed by atoms with Crippen molar-refractivity contribution in [2.24, 2.45) is 0 Å². The molecule has 2 heterocycles. The van der Waals surface area contributed by atoms with Gasteiger partial charge in [-0.15, -0.1) is 10.2 Å². The first-order valence-electron chi connectivity index (χ1n) is 6.12. The molecule has 0 radical (unpaired) electrons. The van der Waals surface area contributed by atoms with Crippen molar-refractivity contribution in [3.63, 3.8) is 0 Å². The van der Waals surface area contributed by atoms with Crippen molar-refractivity contribution in [1.29, 1.82) is 0 Å². The van der Waals surface area contributed by atoms with Crippen LogP contribution in [0.4, 0.5) is 10.3 Å². The summed E-state index contributed by atoms with van der Waals surface area (Å²) in [6.45, 7) is 0. The minimum atomic E-state index is -0.520. The summed E-state index contributed by atoms with van der Waals surface area (Å²) in [5.41, 5.74) is 7.71. The summed E-state index contributed by atoms with van der Waals surface area (Å²) < 4.78 is 13.3. The second-order valence-electron chi connectivity index (χ2n) is 4.36. The van der Waals surface area contributed by atoms with Crippen molar-refractivity contribution in [3.8, 4) is 22.5 Å². The lowest BCUT2D eigenvalue weighted by molar-refractivity contribution is 0.628. The van der Waals surface area contributed by atoms with E-state index in [0.29, 0.717) is 27.7 Å². The van der Waals surface area contributed by atoms with E-state index < -0.39 is 5.82 Å². The monoisotopic (exact) mass is 335 g/mol. The van der Waals surface area contributed by atoms with E-state index in [2.05, 4.69) is 20.2 Å². The molecule has 0 spiro atoms. The lowest BCUT2D eigenvalue weighted by Crippen LogP contribution is -2.02. The van der Waals surface area contributed by atoms with Gasteiger partial charge in [-0.2, -0.15) is 0 Å². The maximum absolute atomic E-state index is 13.3. The van der Waals surface area contributed by atoms with Crippen molar-refractivity contribution >= 4 is 29.2 Å². The molecule has 3 aromatic rings. The molecule has 8 heteroatoms.